The van der Waals surface area contributed by atoms with E-state index in [1.54, 1.807) is 0 Å². The molecule has 0 aliphatic heterocycles. The number of hydrogen-bond donors (Lipinski definition) is 1. The van der Waals surface area contributed by atoms with Crippen LogP contribution in [-0.2, 0) is 0 Å². The summed E-state index contributed by atoms with van der Waals surface area (Å²) in [6.07, 6.45) is 18.3. The summed E-state index contributed by atoms with van der Waals surface area (Å²) < 4.78 is 0. The van der Waals surface area contributed by atoms with Gasteiger partial charge in [-0.1, -0.05) is 77.6 Å². The molecular weight excluding hydrogens is 250 g/mol. The van der Waals surface area contributed by atoms with Gasteiger partial charge >= 0.3 is 0 Å². The van der Waals surface area contributed by atoms with E-state index < -0.39 is 0 Å². The van der Waals surface area contributed by atoms with Crippen molar-refractivity contribution in [1.82, 2.24) is 0 Å². The normalized spacial score (nSPS) is 12.3. The Balaban J connectivity index is 2.94. The first-order valence-electron chi connectivity index (χ1n) is 8.32. The summed E-state index contributed by atoms with van der Waals surface area (Å²) in [5.41, 5.74) is 0. The molecule has 0 N–H and O–H groups in total. The minimum Gasteiger partial charge on any atom is -0.198 e. The number of thiol groups is 1. The Kier molecular flexibility index (Phi) is 15.8. The molecule has 1 atom stereocenters. The molecule has 0 rings (SSSR count). The molecule has 0 bridgehead atoms. The fourth-order valence-electron chi connectivity index (χ4n) is 2.41. The predicted molar refractivity (Wildman–Crippen MR) is 88.7 cm³/mol. The molecule has 0 aliphatic rings. The molecule has 0 saturated heterocycles. The Hall–Kier alpha value is -0.160. The first-order chi connectivity index (χ1) is 9.27. The zero-order valence-corrected chi connectivity index (χ0v) is 13.8. The zero-order valence-electron chi connectivity index (χ0n) is 12.9. The maximum Gasteiger partial charge on any atom is 0.0621 e. The summed E-state index contributed by atoms with van der Waals surface area (Å²) in [6, 6.07) is 2.21. The van der Waals surface area contributed by atoms with Crippen molar-refractivity contribution in [3.63, 3.8) is 0 Å². The van der Waals surface area contributed by atoms with E-state index in [4.69, 9.17) is 5.26 Å². The van der Waals surface area contributed by atoms with Gasteiger partial charge in [0.15, 0.2) is 0 Å². The predicted octanol–water partition coefficient (Wildman–Crippen LogP) is 6.29. The van der Waals surface area contributed by atoms with Gasteiger partial charge in [-0.05, 0) is 18.1 Å². The minimum absolute atomic E-state index is 0.577. The van der Waals surface area contributed by atoms with Crippen LogP contribution in [0.2, 0.25) is 0 Å². The molecule has 19 heavy (non-hydrogen) atoms. The molecule has 112 valence electrons. The third-order valence-corrected chi connectivity index (χ3v) is 3.92. The smallest absolute Gasteiger partial charge is 0.0621 e. The summed E-state index contributed by atoms with van der Waals surface area (Å²) >= 11 is 4.40. The van der Waals surface area contributed by atoms with Crippen LogP contribution in [0.15, 0.2) is 0 Å². The van der Waals surface area contributed by atoms with Crippen LogP contribution in [0.1, 0.15) is 96.8 Å². The van der Waals surface area contributed by atoms with Gasteiger partial charge in [0.25, 0.3) is 0 Å². The lowest BCUT2D eigenvalue weighted by molar-refractivity contribution is 0.537. The number of rotatable bonds is 14. The topological polar surface area (TPSA) is 23.8 Å². The van der Waals surface area contributed by atoms with Gasteiger partial charge in [0.05, 0.1) is 6.07 Å². The lowest BCUT2D eigenvalue weighted by atomic mass is 10.0. The van der Waals surface area contributed by atoms with E-state index >= 15 is 0 Å². The van der Waals surface area contributed by atoms with Crippen molar-refractivity contribution in [1.29, 1.82) is 5.26 Å². The standard InChI is InChI=1S/C17H33NS/c1-17(19)15-13-11-9-7-5-3-2-4-6-8-10-12-14-16-18/h17,19H,2-15H2,1H3. The summed E-state index contributed by atoms with van der Waals surface area (Å²) in [7, 11) is 0. The second kappa shape index (κ2) is 15.9. The lowest BCUT2D eigenvalue weighted by Gasteiger charge is -2.04. The number of nitriles is 1. The number of hydrogen-bond acceptors (Lipinski definition) is 2. The van der Waals surface area contributed by atoms with Crippen LogP contribution in [-0.4, -0.2) is 5.25 Å². The summed E-state index contributed by atoms with van der Waals surface area (Å²) in [6.45, 7) is 2.18. The van der Waals surface area contributed by atoms with Crippen molar-refractivity contribution in [2.45, 2.75) is 102 Å². The summed E-state index contributed by atoms with van der Waals surface area (Å²) in [5.74, 6) is 0. The van der Waals surface area contributed by atoms with Crippen LogP contribution in [0.5, 0.6) is 0 Å². The number of unbranched alkanes of at least 4 members (excludes halogenated alkanes) is 12. The van der Waals surface area contributed by atoms with E-state index in [1.165, 1.54) is 77.0 Å². The van der Waals surface area contributed by atoms with E-state index in [0.29, 0.717) is 5.25 Å². The molecule has 1 nitrogen and oxygen atoms in total. The minimum atomic E-state index is 0.577. The highest BCUT2D eigenvalue weighted by Crippen LogP contribution is 2.14. The van der Waals surface area contributed by atoms with Crippen LogP contribution < -0.4 is 0 Å². The van der Waals surface area contributed by atoms with Crippen molar-refractivity contribution in [3.05, 3.63) is 0 Å². The molecule has 0 aliphatic carbocycles. The fourth-order valence-corrected chi connectivity index (χ4v) is 2.59. The maximum atomic E-state index is 8.42. The largest absolute Gasteiger partial charge is 0.198 e. The van der Waals surface area contributed by atoms with Gasteiger partial charge in [0.1, 0.15) is 0 Å². The molecular formula is C17H33NS. The van der Waals surface area contributed by atoms with E-state index in [0.717, 1.165) is 12.8 Å². The molecule has 0 aromatic carbocycles. The summed E-state index contributed by atoms with van der Waals surface area (Å²) in [4.78, 5) is 0. The van der Waals surface area contributed by atoms with Gasteiger partial charge in [0.2, 0.25) is 0 Å². The molecule has 1 unspecified atom stereocenters. The van der Waals surface area contributed by atoms with Crippen molar-refractivity contribution in [2.24, 2.45) is 0 Å². The highest BCUT2D eigenvalue weighted by Gasteiger charge is 1.96. The van der Waals surface area contributed by atoms with Crippen molar-refractivity contribution in [3.8, 4) is 6.07 Å². The zero-order chi connectivity index (χ0) is 14.2. The molecule has 0 fully saturated rings. The van der Waals surface area contributed by atoms with Gasteiger partial charge < -0.3 is 0 Å². The Labute approximate surface area is 126 Å². The van der Waals surface area contributed by atoms with E-state index in [2.05, 4.69) is 25.6 Å². The van der Waals surface area contributed by atoms with Gasteiger partial charge in [-0.15, -0.1) is 0 Å². The SMILES string of the molecule is CC(S)CCCCCCCCCCCCCCC#N. The average molecular weight is 284 g/mol. The van der Waals surface area contributed by atoms with Gasteiger partial charge in [-0.25, -0.2) is 0 Å². The van der Waals surface area contributed by atoms with Crippen molar-refractivity contribution < 1.29 is 0 Å². The highest BCUT2D eigenvalue weighted by molar-refractivity contribution is 7.80. The first kappa shape index (κ1) is 18.8. The molecule has 0 radical (unpaired) electrons. The Morgan fingerprint density at radius 2 is 1.11 bits per heavy atom. The number of nitrogens with zero attached hydrogens (tertiary/aromatic N) is 1. The maximum absolute atomic E-state index is 8.42. The first-order valence-corrected chi connectivity index (χ1v) is 8.84. The monoisotopic (exact) mass is 283 g/mol. The second-order valence-electron chi connectivity index (χ2n) is 5.79. The molecule has 0 aromatic rings. The highest BCUT2D eigenvalue weighted by atomic mass is 32.1. The van der Waals surface area contributed by atoms with E-state index in [-0.39, 0.29) is 0 Å². The molecule has 2 heteroatoms. The van der Waals surface area contributed by atoms with E-state index in [1.807, 2.05) is 0 Å². The molecule has 0 saturated carbocycles. The lowest BCUT2D eigenvalue weighted by Crippen LogP contribution is -1.90. The Morgan fingerprint density at radius 1 is 0.737 bits per heavy atom. The van der Waals surface area contributed by atoms with Gasteiger partial charge in [-0.2, -0.15) is 17.9 Å². The molecule has 0 spiro atoms. The van der Waals surface area contributed by atoms with Gasteiger partial charge in [-0.3, -0.25) is 0 Å². The summed E-state index contributed by atoms with van der Waals surface area (Å²) in [5, 5.41) is 8.99. The van der Waals surface area contributed by atoms with Crippen molar-refractivity contribution >= 4 is 12.6 Å². The van der Waals surface area contributed by atoms with Gasteiger partial charge in [0, 0.05) is 6.42 Å². The van der Waals surface area contributed by atoms with Crippen LogP contribution in [0.3, 0.4) is 0 Å². The molecule has 0 amide bonds. The third-order valence-electron chi connectivity index (χ3n) is 3.66. The quantitative estimate of drug-likeness (QED) is 0.294. The Morgan fingerprint density at radius 3 is 1.47 bits per heavy atom. The van der Waals surface area contributed by atoms with Crippen LogP contribution >= 0.6 is 12.6 Å². The van der Waals surface area contributed by atoms with Crippen LogP contribution in [0.25, 0.3) is 0 Å². The fraction of sp³-hybridized carbons (Fsp3) is 0.941. The van der Waals surface area contributed by atoms with Crippen molar-refractivity contribution in [2.75, 3.05) is 0 Å². The van der Waals surface area contributed by atoms with Crippen LogP contribution in [0, 0.1) is 11.3 Å². The molecule has 0 aromatic heterocycles. The average Bonchev–Trinajstić information content (AvgIpc) is 2.39. The second-order valence-corrected chi connectivity index (χ2v) is 6.67. The Bertz CT molecular complexity index is 208. The van der Waals surface area contributed by atoms with Crippen LogP contribution in [0.4, 0.5) is 0 Å². The molecule has 0 heterocycles. The van der Waals surface area contributed by atoms with E-state index in [9.17, 15) is 0 Å². The third kappa shape index (κ3) is 17.8.